The van der Waals surface area contributed by atoms with Crippen LogP contribution < -0.4 is 4.90 Å². The summed E-state index contributed by atoms with van der Waals surface area (Å²) in [6.07, 6.45) is 3.85. The smallest absolute Gasteiger partial charge is 0.226 e. The second-order valence-electron chi connectivity index (χ2n) is 11.3. The summed E-state index contributed by atoms with van der Waals surface area (Å²) in [5.41, 5.74) is 3.61. The lowest BCUT2D eigenvalue weighted by Crippen LogP contribution is -2.36. The van der Waals surface area contributed by atoms with E-state index < -0.39 is 0 Å². The van der Waals surface area contributed by atoms with Gasteiger partial charge in [0.1, 0.15) is 17.5 Å². The molecular weight excluding hydrogens is 503 g/mol. The van der Waals surface area contributed by atoms with Crippen molar-refractivity contribution in [2.45, 2.75) is 58.3 Å². The number of nitrogens with zero attached hydrogens (tertiary/aromatic N) is 6. The molecule has 40 heavy (non-hydrogen) atoms. The van der Waals surface area contributed by atoms with Gasteiger partial charge < -0.3 is 9.80 Å². The highest BCUT2D eigenvalue weighted by Gasteiger charge is 2.45. The molecule has 1 saturated heterocycles. The third-order valence-corrected chi connectivity index (χ3v) is 8.38. The normalized spacial score (nSPS) is 20.0. The first-order valence-electron chi connectivity index (χ1n) is 14.6. The van der Waals surface area contributed by atoms with Gasteiger partial charge in [-0.3, -0.25) is 4.79 Å². The van der Waals surface area contributed by atoms with E-state index in [1.165, 1.54) is 17.7 Å². The fraction of sp³-hybridized carbons (Fsp3) is 0.438. The number of halogens is 1. The van der Waals surface area contributed by atoms with E-state index in [1.54, 1.807) is 12.1 Å². The molecule has 8 heteroatoms. The Hall–Kier alpha value is -3.81. The van der Waals surface area contributed by atoms with Gasteiger partial charge in [0.05, 0.1) is 16.8 Å². The van der Waals surface area contributed by atoms with Gasteiger partial charge in [-0.2, -0.15) is 5.10 Å². The summed E-state index contributed by atoms with van der Waals surface area (Å²) < 4.78 is 15.5. The predicted octanol–water partition coefficient (Wildman–Crippen LogP) is 6.01. The van der Waals surface area contributed by atoms with Crippen molar-refractivity contribution in [3.05, 3.63) is 77.5 Å². The molecule has 0 N–H and O–H groups in total. The number of hydrogen-bond donors (Lipinski definition) is 0. The van der Waals surface area contributed by atoms with Crippen LogP contribution in [-0.2, 0) is 4.79 Å². The van der Waals surface area contributed by atoms with Gasteiger partial charge in [0.2, 0.25) is 5.91 Å². The van der Waals surface area contributed by atoms with E-state index >= 15 is 0 Å². The van der Waals surface area contributed by atoms with Gasteiger partial charge in [-0.25, -0.2) is 19.0 Å². The van der Waals surface area contributed by atoms with Crippen LogP contribution in [0.4, 0.5) is 10.2 Å². The largest absolute Gasteiger partial charge is 0.354 e. The van der Waals surface area contributed by atoms with Crippen molar-refractivity contribution in [2.75, 3.05) is 31.1 Å². The number of carbonyl (C=O) groups excluding carboxylic acids is 1. The molecule has 1 amide bonds. The lowest BCUT2D eigenvalue weighted by Gasteiger charge is -2.24. The average molecular weight is 541 g/mol. The van der Waals surface area contributed by atoms with Gasteiger partial charge in [0.25, 0.3) is 0 Å². The Labute approximate surface area is 235 Å². The third kappa shape index (κ3) is 5.07. The molecule has 7 nitrogen and oxygen atoms in total. The van der Waals surface area contributed by atoms with E-state index in [0.717, 1.165) is 72.8 Å². The first-order chi connectivity index (χ1) is 19.4. The average Bonchev–Trinajstić information content (AvgIpc) is 3.75. The number of benzene rings is 2. The van der Waals surface area contributed by atoms with Crippen molar-refractivity contribution in [3.8, 4) is 5.69 Å². The van der Waals surface area contributed by atoms with E-state index in [-0.39, 0.29) is 23.6 Å². The van der Waals surface area contributed by atoms with Crippen LogP contribution in [0.15, 0.2) is 54.6 Å². The SMILES string of the molecule is CCCC(C)c1nc(N2CCCN(C(=O)C3C[C@H]3c3ccccc3)CC2)c2c(C)nn(-c3ccc(F)cc3)c2n1. The molecule has 2 aliphatic rings. The molecule has 2 aromatic carbocycles. The lowest BCUT2D eigenvalue weighted by molar-refractivity contribution is -0.132. The maximum absolute atomic E-state index is 13.7. The molecule has 2 aromatic heterocycles. The monoisotopic (exact) mass is 540 g/mol. The first-order valence-corrected chi connectivity index (χ1v) is 14.6. The van der Waals surface area contributed by atoms with Crippen LogP contribution in [0.25, 0.3) is 16.7 Å². The Balaban J connectivity index is 1.29. The van der Waals surface area contributed by atoms with E-state index in [0.29, 0.717) is 19.0 Å². The lowest BCUT2D eigenvalue weighted by atomic mass is 10.1. The van der Waals surface area contributed by atoms with Crippen LogP contribution in [-0.4, -0.2) is 56.7 Å². The summed E-state index contributed by atoms with van der Waals surface area (Å²) in [5, 5.41) is 5.75. The Kier molecular flexibility index (Phi) is 7.26. The van der Waals surface area contributed by atoms with Crippen LogP contribution in [0.2, 0.25) is 0 Å². The fourth-order valence-corrected chi connectivity index (χ4v) is 6.07. The molecule has 1 aliphatic carbocycles. The number of hydrogen-bond acceptors (Lipinski definition) is 5. The molecule has 0 bridgehead atoms. The highest BCUT2D eigenvalue weighted by Crippen LogP contribution is 2.48. The van der Waals surface area contributed by atoms with Crippen LogP contribution in [0, 0.1) is 18.7 Å². The topological polar surface area (TPSA) is 67.2 Å². The maximum atomic E-state index is 13.7. The molecule has 1 aliphatic heterocycles. The Morgan fingerprint density at radius 3 is 2.55 bits per heavy atom. The number of amides is 1. The predicted molar refractivity (Wildman–Crippen MR) is 155 cm³/mol. The summed E-state index contributed by atoms with van der Waals surface area (Å²) >= 11 is 0. The second-order valence-corrected chi connectivity index (χ2v) is 11.3. The highest BCUT2D eigenvalue weighted by atomic mass is 19.1. The number of aryl methyl sites for hydroxylation is 1. The number of carbonyl (C=O) groups is 1. The summed E-state index contributed by atoms with van der Waals surface area (Å²) in [4.78, 5) is 28.0. The van der Waals surface area contributed by atoms with Crippen LogP contribution in [0.3, 0.4) is 0 Å². The molecule has 2 unspecified atom stereocenters. The van der Waals surface area contributed by atoms with Crippen LogP contribution >= 0.6 is 0 Å². The van der Waals surface area contributed by atoms with Crippen molar-refractivity contribution in [1.82, 2.24) is 24.6 Å². The molecule has 0 radical (unpaired) electrons. The second kappa shape index (κ2) is 11.0. The summed E-state index contributed by atoms with van der Waals surface area (Å²) in [6, 6.07) is 16.8. The minimum Gasteiger partial charge on any atom is -0.354 e. The number of anilines is 1. The van der Waals surface area contributed by atoms with Gasteiger partial charge in [-0.1, -0.05) is 50.6 Å². The molecule has 3 heterocycles. The minimum atomic E-state index is -0.283. The van der Waals surface area contributed by atoms with Crippen molar-refractivity contribution < 1.29 is 9.18 Å². The standard InChI is InChI=1S/C32H37FN6O/c1-4-9-21(2)29-34-30(28-22(3)36-39(31(28)35-29)25-14-12-24(33)13-15-25)37-16-8-17-38(19-18-37)32(40)27-20-26(27)23-10-6-5-7-11-23/h5-7,10-15,21,26-27H,4,8-9,16-20H2,1-3H3/t21?,26-,27?/m0/s1. The van der Waals surface area contributed by atoms with Gasteiger partial charge in [0, 0.05) is 38.0 Å². The quantitative estimate of drug-likeness (QED) is 0.287. The molecular formula is C32H37FN6O. The molecule has 3 atom stereocenters. The summed E-state index contributed by atoms with van der Waals surface area (Å²) in [5.74, 6) is 2.31. The zero-order valence-corrected chi connectivity index (χ0v) is 23.6. The molecule has 6 rings (SSSR count). The zero-order chi connectivity index (χ0) is 27.8. The van der Waals surface area contributed by atoms with Gasteiger partial charge in [0.15, 0.2) is 5.65 Å². The van der Waals surface area contributed by atoms with E-state index in [9.17, 15) is 9.18 Å². The molecule has 0 spiro atoms. The van der Waals surface area contributed by atoms with Gasteiger partial charge >= 0.3 is 0 Å². The third-order valence-electron chi connectivity index (χ3n) is 8.38. The minimum absolute atomic E-state index is 0.0948. The highest BCUT2D eigenvalue weighted by molar-refractivity contribution is 5.91. The Morgan fingerprint density at radius 1 is 1.02 bits per heavy atom. The molecule has 4 aromatic rings. The van der Waals surface area contributed by atoms with E-state index in [1.807, 2.05) is 17.7 Å². The Morgan fingerprint density at radius 2 is 1.80 bits per heavy atom. The van der Waals surface area contributed by atoms with Crippen molar-refractivity contribution in [2.24, 2.45) is 5.92 Å². The van der Waals surface area contributed by atoms with Gasteiger partial charge in [-0.15, -0.1) is 0 Å². The maximum Gasteiger partial charge on any atom is 0.226 e. The van der Waals surface area contributed by atoms with Crippen molar-refractivity contribution in [1.29, 1.82) is 0 Å². The summed E-state index contributed by atoms with van der Waals surface area (Å²) in [7, 11) is 0. The van der Waals surface area contributed by atoms with Gasteiger partial charge in [-0.05, 0) is 61.9 Å². The molecule has 208 valence electrons. The zero-order valence-electron chi connectivity index (χ0n) is 23.6. The number of rotatable bonds is 7. The first kappa shape index (κ1) is 26.4. The molecule has 2 fully saturated rings. The van der Waals surface area contributed by atoms with Crippen LogP contribution in [0.1, 0.15) is 68.4 Å². The molecule has 1 saturated carbocycles. The summed E-state index contributed by atoms with van der Waals surface area (Å²) in [6.45, 7) is 9.28. The Bertz CT molecular complexity index is 1500. The van der Waals surface area contributed by atoms with Crippen molar-refractivity contribution >= 4 is 22.8 Å². The van der Waals surface area contributed by atoms with E-state index in [2.05, 4.69) is 47.9 Å². The number of fused-ring (bicyclic) bond motifs is 1. The van der Waals surface area contributed by atoms with E-state index in [4.69, 9.17) is 15.1 Å². The van der Waals surface area contributed by atoms with Crippen LogP contribution in [0.5, 0.6) is 0 Å². The van der Waals surface area contributed by atoms with Crippen molar-refractivity contribution in [3.63, 3.8) is 0 Å². The number of aromatic nitrogens is 4. The fourth-order valence-electron chi connectivity index (χ4n) is 6.07.